The molecule has 0 saturated carbocycles. The molecule has 3 N–H and O–H groups in total. The molecule has 0 atom stereocenters. The third kappa shape index (κ3) is 24.8. The van der Waals surface area contributed by atoms with Crippen LogP contribution in [0, 0.1) is 0 Å². The molecule has 2 aliphatic heterocycles. The molecule has 13 nitrogen and oxygen atoms in total. The van der Waals surface area contributed by atoms with Crippen LogP contribution in [-0.2, 0) is 22.9 Å². The van der Waals surface area contributed by atoms with Crippen LogP contribution < -0.4 is 0 Å². The van der Waals surface area contributed by atoms with Gasteiger partial charge in [-0.25, -0.2) is 9.36 Å². The van der Waals surface area contributed by atoms with Crippen LogP contribution >= 0.6 is 7.82 Å². The van der Waals surface area contributed by atoms with Crippen molar-refractivity contribution in [1.29, 1.82) is 0 Å². The van der Waals surface area contributed by atoms with Crippen LogP contribution in [0.5, 0.6) is 0 Å². The summed E-state index contributed by atoms with van der Waals surface area (Å²) >= 11 is 0. The molecule has 2 rings (SSSR count). The molecule has 1 saturated heterocycles. The van der Waals surface area contributed by atoms with Crippen LogP contribution in [0.3, 0.4) is 0 Å². The van der Waals surface area contributed by atoms with Gasteiger partial charge in [0.2, 0.25) is 0 Å². The lowest BCUT2D eigenvalue weighted by atomic mass is 10.2. The van der Waals surface area contributed by atoms with Crippen molar-refractivity contribution in [3.63, 3.8) is 0 Å². The largest absolute Gasteiger partial charge is 0.498 e. The van der Waals surface area contributed by atoms with Crippen molar-refractivity contribution < 1.29 is 43.0 Å². The number of nitrogens with zero attached hydrogens (tertiary/aromatic N) is 4. The van der Waals surface area contributed by atoms with Crippen LogP contribution in [-0.4, -0.2) is 157 Å². The average Bonchev–Trinajstić information content (AvgIpc) is 3.40. The molecule has 14 heteroatoms. The van der Waals surface area contributed by atoms with Gasteiger partial charge in [0.05, 0.1) is 38.8 Å². The summed E-state index contributed by atoms with van der Waals surface area (Å²) in [6.45, 7) is 8.54. The van der Waals surface area contributed by atoms with Crippen molar-refractivity contribution in [3.05, 3.63) is 11.3 Å². The topological polar surface area (TPSA) is 145 Å². The maximum atomic E-state index is 10.9. The number of aliphatic hydroxyl groups excluding tert-OH is 3. The number of carbonyl (C=O) groups excluding carboxylic acids is 1. The van der Waals surface area contributed by atoms with Crippen LogP contribution in [0.4, 0.5) is 4.79 Å². The predicted octanol–water partition coefficient (Wildman–Crippen LogP) is 1.16. The first-order valence-electron chi connectivity index (χ1n) is 12.0. The Morgan fingerprint density at radius 2 is 1.32 bits per heavy atom. The van der Waals surface area contributed by atoms with E-state index in [0.717, 1.165) is 45.0 Å². The lowest BCUT2D eigenvalue weighted by molar-refractivity contribution is 0.124. The molecule has 37 heavy (non-hydrogen) atoms. The first-order valence-corrected chi connectivity index (χ1v) is 13.4. The summed E-state index contributed by atoms with van der Waals surface area (Å²) in [6, 6.07) is 0.130. The molecule has 0 spiro atoms. The minimum atomic E-state index is -3.36. The molecule has 224 valence electrons. The van der Waals surface area contributed by atoms with Crippen LogP contribution in [0.2, 0.25) is 0 Å². The minimum Gasteiger partial charge on any atom is -0.498 e. The highest BCUT2D eigenvalue weighted by Gasteiger charge is 2.21. The highest BCUT2D eigenvalue weighted by molar-refractivity contribution is 7.48. The summed E-state index contributed by atoms with van der Waals surface area (Å²) in [6.07, 6.45) is 1.13. The number of carbonyl (C=O) groups is 1. The number of phosphoric acid groups is 1. The van der Waals surface area contributed by atoms with Gasteiger partial charge in [0, 0.05) is 60.9 Å². The maximum absolute atomic E-state index is 10.9. The lowest BCUT2D eigenvalue weighted by Gasteiger charge is -2.13. The van der Waals surface area contributed by atoms with Crippen molar-refractivity contribution in [2.24, 2.45) is 0 Å². The number of hydrogen-bond acceptors (Lipinski definition) is 11. The van der Waals surface area contributed by atoms with E-state index >= 15 is 0 Å². The van der Waals surface area contributed by atoms with Crippen molar-refractivity contribution in [2.45, 2.75) is 20.3 Å². The monoisotopic (exact) mass is 560 g/mol. The fraction of sp³-hybridized carbons (Fsp3) is 0.870. The number of allylic oxidation sites excluding steroid dienone is 1. The van der Waals surface area contributed by atoms with Crippen LogP contribution in [0.15, 0.2) is 11.3 Å². The number of phosphoric ester groups is 1. The lowest BCUT2D eigenvalue weighted by Crippen LogP contribution is -2.25. The minimum absolute atomic E-state index is 0.0566. The van der Waals surface area contributed by atoms with Gasteiger partial charge in [0.1, 0.15) is 0 Å². The van der Waals surface area contributed by atoms with Crippen molar-refractivity contribution >= 4 is 13.9 Å². The third-order valence-electron chi connectivity index (χ3n) is 4.70. The first kappa shape index (κ1) is 40.2. The summed E-state index contributed by atoms with van der Waals surface area (Å²) in [5.41, 5.74) is 1.40. The summed E-state index contributed by atoms with van der Waals surface area (Å²) in [7, 11) is 11.0. The first-order chi connectivity index (χ1) is 17.2. The second-order valence-electron chi connectivity index (χ2n) is 8.48. The molecule has 2 amide bonds. The van der Waals surface area contributed by atoms with Gasteiger partial charge in [-0.3, -0.25) is 13.6 Å². The molecule has 1 fully saturated rings. The smallest absolute Gasteiger partial charge is 0.474 e. The average molecular weight is 561 g/mol. The number of ether oxygens (including phenoxy) is 1. The Kier molecular flexibility index (Phi) is 27.2. The number of amides is 2. The Morgan fingerprint density at radius 1 is 0.892 bits per heavy atom. The van der Waals surface area contributed by atoms with E-state index in [-0.39, 0.29) is 32.5 Å². The van der Waals surface area contributed by atoms with E-state index in [1.165, 1.54) is 19.8 Å². The molecule has 0 aromatic rings. The van der Waals surface area contributed by atoms with Gasteiger partial charge in [0.15, 0.2) is 0 Å². The number of likely N-dealkylation sites (N-methyl/N-ethyl adjacent to an activating group) is 4. The second kappa shape index (κ2) is 25.0. The summed E-state index contributed by atoms with van der Waals surface area (Å²) < 4.78 is 29.4. The number of hydrogen-bond donors (Lipinski definition) is 3. The molecule has 2 aliphatic rings. The van der Waals surface area contributed by atoms with Gasteiger partial charge in [0.25, 0.3) is 0 Å². The highest BCUT2D eigenvalue weighted by Crippen LogP contribution is 2.47. The SMILES string of the molecule is CC1=C(C)OCC1.CN(C)CCN(C)C.CN1CCN(C)C1=O.COP(=O)(OC)OCCO.OCCO. The molecule has 0 aromatic carbocycles. The summed E-state index contributed by atoms with van der Waals surface area (Å²) in [4.78, 5) is 18.5. The normalized spacial score (nSPS) is 14.7. The summed E-state index contributed by atoms with van der Waals surface area (Å²) in [5.74, 6) is 1.12. The third-order valence-corrected chi connectivity index (χ3v) is 6.10. The van der Waals surface area contributed by atoms with E-state index in [2.05, 4.69) is 58.5 Å². The van der Waals surface area contributed by atoms with Gasteiger partial charge >= 0.3 is 13.9 Å². The fourth-order valence-electron chi connectivity index (χ4n) is 2.17. The fourth-order valence-corrected chi connectivity index (χ4v) is 2.84. The molecule has 2 heterocycles. The van der Waals surface area contributed by atoms with Crippen LogP contribution in [0.1, 0.15) is 20.3 Å². The van der Waals surface area contributed by atoms with Crippen molar-refractivity contribution in [3.8, 4) is 0 Å². The van der Waals surface area contributed by atoms with E-state index in [4.69, 9.17) is 20.1 Å². The Bertz CT molecular complexity index is 595. The van der Waals surface area contributed by atoms with E-state index in [1.807, 2.05) is 21.0 Å². The zero-order valence-electron chi connectivity index (χ0n) is 24.6. The van der Waals surface area contributed by atoms with E-state index in [0.29, 0.717) is 0 Å². The number of aliphatic hydroxyl groups is 3. The quantitative estimate of drug-likeness (QED) is 0.349. The molecule has 0 bridgehead atoms. The maximum Gasteiger partial charge on any atom is 0.474 e. The second-order valence-corrected chi connectivity index (χ2v) is 10.4. The standard InChI is InChI=1S/C6H16N2.C6H10O.C5H10N2O.C4H11O5P.C2H6O2/c1-7(2)5-6-8(3)4;1-5-3-4-7-6(5)2;1-6-3-4-7(2)5(6)8;1-7-10(6,8-2)9-4-3-5;3-1-2-4/h5-6H2,1-4H3;3-4H2,1-2H3;3-4H2,1-2H3;5H,3-4H2,1-2H3;3-4H,1-2H2. The molecule has 0 aliphatic carbocycles. The van der Waals surface area contributed by atoms with Gasteiger partial charge in [-0.2, -0.15) is 0 Å². The van der Waals surface area contributed by atoms with E-state index in [1.54, 1.807) is 9.80 Å². The summed E-state index contributed by atoms with van der Waals surface area (Å²) in [5, 5.41) is 23.5. The number of rotatable bonds is 9. The van der Waals surface area contributed by atoms with Gasteiger partial charge < -0.3 is 39.7 Å². The van der Waals surface area contributed by atoms with Gasteiger partial charge in [-0.05, 0) is 47.6 Å². The molecular formula is C23H53N4O9P. The highest BCUT2D eigenvalue weighted by atomic mass is 31.2. The van der Waals surface area contributed by atoms with Crippen LogP contribution in [0.25, 0.3) is 0 Å². The number of urea groups is 1. The zero-order chi connectivity index (χ0) is 29.4. The Hall–Kier alpha value is -1.28. The Morgan fingerprint density at radius 3 is 1.49 bits per heavy atom. The molecular weight excluding hydrogens is 507 g/mol. The molecule has 0 aromatic heterocycles. The van der Waals surface area contributed by atoms with E-state index < -0.39 is 7.82 Å². The molecule has 0 radical (unpaired) electrons. The zero-order valence-corrected chi connectivity index (χ0v) is 25.5. The van der Waals surface area contributed by atoms with Gasteiger partial charge in [-0.15, -0.1) is 0 Å². The Labute approximate surface area is 224 Å². The van der Waals surface area contributed by atoms with Crippen molar-refractivity contribution in [1.82, 2.24) is 19.6 Å². The Balaban J connectivity index is -0.000000399. The van der Waals surface area contributed by atoms with E-state index in [9.17, 15) is 9.36 Å². The van der Waals surface area contributed by atoms with Gasteiger partial charge in [-0.1, -0.05) is 0 Å². The predicted molar refractivity (Wildman–Crippen MR) is 146 cm³/mol. The molecule has 0 unspecified atom stereocenters. The van der Waals surface area contributed by atoms with Crippen molar-refractivity contribution in [2.75, 3.05) is 116 Å².